The van der Waals surface area contributed by atoms with Crippen molar-refractivity contribution in [3.05, 3.63) is 89.1 Å². The summed E-state index contributed by atoms with van der Waals surface area (Å²) >= 11 is 0. The number of hydrogen-bond acceptors (Lipinski definition) is 7. The first kappa shape index (κ1) is 24.9. The van der Waals surface area contributed by atoms with Gasteiger partial charge in [0.2, 0.25) is 5.91 Å². The predicted octanol–water partition coefficient (Wildman–Crippen LogP) is 3.71. The lowest BCUT2D eigenvalue weighted by Gasteiger charge is -2.34. The molecule has 1 saturated heterocycles. The number of nitrogens with one attached hydrogen (secondary N) is 2. The molecule has 10 heteroatoms. The van der Waals surface area contributed by atoms with Crippen LogP contribution in [-0.4, -0.2) is 40.8 Å². The molecule has 0 aliphatic carbocycles. The topological polar surface area (TPSA) is 95.2 Å². The molecular formula is C27H30F2N6O2. The van der Waals surface area contributed by atoms with Crippen LogP contribution in [0.1, 0.15) is 49.0 Å². The number of rotatable bonds is 9. The molecule has 3 aliphatic rings. The normalized spacial score (nSPS) is 20.7. The molecule has 1 amide bonds. The smallest absolute Gasteiger partial charge is 0.222 e. The third kappa shape index (κ3) is 4.94. The summed E-state index contributed by atoms with van der Waals surface area (Å²) in [7, 11) is 0. The first-order valence-corrected chi connectivity index (χ1v) is 12.4. The fraction of sp³-hybridized carbons (Fsp3) is 0.333. The summed E-state index contributed by atoms with van der Waals surface area (Å²) in [5.74, 6) is 0.386. The molecule has 3 aliphatic heterocycles. The van der Waals surface area contributed by atoms with Crippen LogP contribution in [0, 0.1) is 11.7 Å². The average Bonchev–Trinajstić information content (AvgIpc) is 3.50. The number of fused-ring (bicyclic) bond motifs is 1. The summed E-state index contributed by atoms with van der Waals surface area (Å²) in [6.45, 7) is 3.58. The molecule has 3 unspecified atom stereocenters. The molecule has 0 spiro atoms. The van der Waals surface area contributed by atoms with Gasteiger partial charge in [0.25, 0.3) is 0 Å². The van der Waals surface area contributed by atoms with Gasteiger partial charge in [0.05, 0.1) is 5.70 Å². The van der Waals surface area contributed by atoms with Crippen molar-refractivity contribution >= 4 is 17.4 Å². The van der Waals surface area contributed by atoms with E-state index in [4.69, 9.17) is 10.6 Å². The maximum atomic E-state index is 13.4. The van der Waals surface area contributed by atoms with Crippen LogP contribution in [0.3, 0.4) is 0 Å². The molecule has 194 valence electrons. The van der Waals surface area contributed by atoms with Crippen LogP contribution >= 0.6 is 0 Å². The predicted molar refractivity (Wildman–Crippen MR) is 136 cm³/mol. The van der Waals surface area contributed by atoms with E-state index in [-0.39, 0.29) is 23.8 Å². The summed E-state index contributed by atoms with van der Waals surface area (Å²) in [6.07, 6.45) is 5.10. The van der Waals surface area contributed by atoms with Gasteiger partial charge in [0.15, 0.2) is 0 Å². The Labute approximate surface area is 214 Å². The fourth-order valence-electron chi connectivity index (χ4n) is 5.26. The highest BCUT2D eigenvalue weighted by molar-refractivity contribution is 6.05. The van der Waals surface area contributed by atoms with Gasteiger partial charge in [-0.25, -0.2) is 9.38 Å². The van der Waals surface area contributed by atoms with E-state index in [0.717, 1.165) is 36.3 Å². The Kier molecular flexibility index (Phi) is 7.20. The van der Waals surface area contributed by atoms with Gasteiger partial charge < -0.3 is 20.9 Å². The van der Waals surface area contributed by atoms with Gasteiger partial charge in [0.1, 0.15) is 29.6 Å². The van der Waals surface area contributed by atoms with E-state index in [2.05, 4.69) is 22.1 Å². The number of aliphatic imine (C=N–C) groups is 1. The monoisotopic (exact) mass is 508 g/mol. The van der Waals surface area contributed by atoms with Gasteiger partial charge in [-0.1, -0.05) is 43.3 Å². The third-order valence-corrected chi connectivity index (χ3v) is 7.20. The molecule has 4 N–H and O–H groups in total. The molecule has 1 fully saturated rings. The number of benzene rings is 2. The molecule has 5 rings (SSSR count). The van der Waals surface area contributed by atoms with Gasteiger partial charge in [-0.15, -0.1) is 4.48 Å². The van der Waals surface area contributed by atoms with Crippen LogP contribution in [0.2, 0.25) is 0 Å². The quantitative estimate of drug-likeness (QED) is 0.353. The number of nitrogens with zero attached hydrogens (tertiary/aromatic N) is 3. The van der Waals surface area contributed by atoms with Crippen molar-refractivity contribution in [2.75, 3.05) is 13.1 Å². The highest BCUT2D eigenvalue weighted by Crippen LogP contribution is 2.35. The second-order valence-corrected chi connectivity index (χ2v) is 9.39. The van der Waals surface area contributed by atoms with E-state index in [1.165, 1.54) is 17.8 Å². The fourth-order valence-corrected chi connectivity index (χ4v) is 5.26. The Balaban J connectivity index is 1.42. The zero-order valence-corrected chi connectivity index (χ0v) is 20.5. The third-order valence-electron chi connectivity index (χ3n) is 7.20. The van der Waals surface area contributed by atoms with E-state index >= 15 is 0 Å². The molecule has 37 heavy (non-hydrogen) atoms. The Morgan fingerprint density at radius 2 is 1.89 bits per heavy atom. The molecular weight excluding hydrogens is 478 g/mol. The highest BCUT2D eigenvalue weighted by Gasteiger charge is 2.39. The van der Waals surface area contributed by atoms with Gasteiger partial charge >= 0.3 is 0 Å². The summed E-state index contributed by atoms with van der Waals surface area (Å²) in [6, 6.07) is 13.2. The number of likely N-dealkylation sites (tertiary alicyclic amines) is 1. The zero-order valence-electron chi connectivity index (χ0n) is 20.5. The summed E-state index contributed by atoms with van der Waals surface area (Å²) in [4.78, 5) is 25.7. The molecule has 8 nitrogen and oxygen atoms in total. The van der Waals surface area contributed by atoms with E-state index in [1.54, 1.807) is 18.3 Å². The molecule has 3 atom stereocenters. The number of amides is 1. The Hall–Kier alpha value is -3.76. The van der Waals surface area contributed by atoms with Crippen molar-refractivity contribution in [1.29, 1.82) is 0 Å². The largest absolute Gasteiger partial charge is 0.382 e. The Bertz CT molecular complexity index is 1230. The lowest BCUT2D eigenvalue weighted by molar-refractivity contribution is -0.128. The number of nitrogens with two attached hydrogens (primary N) is 1. The van der Waals surface area contributed by atoms with Crippen LogP contribution in [0.15, 0.2) is 71.6 Å². The number of carbonyl (C=O) groups is 1. The van der Waals surface area contributed by atoms with Crippen LogP contribution in [0.5, 0.6) is 0 Å². The van der Waals surface area contributed by atoms with Gasteiger partial charge in [-0.3, -0.25) is 9.63 Å². The maximum absolute atomic E-state index is 13.4. The number of halogens is 2. The minimum atomic E-state index is -0.773. The van der Waals surface area contributed by atoms with Crippen molar-refractivity contribution in [2.24, 2.45) is 16.6 Å². The van der Waals surface area contributed by atoms with Gasteiger partial charge in [0, 0.05) is 37.8 Å². The van der Waals surface area contributed by atoms with Crippen LogP contribution in [0.25, 0.3) is 5.70 Å². The molecule has 0 aromatic heterocycles. The second-order valence-electron chi connectivity index (χ2n) is 9.39. The highest BCUT2D eigenvalue weighted by atomic mass is 19.2. The summed E-state index contributed by atoms with van der Waals surface area (Å²) in [5, 5.41) is 3.64. The Morgan fingerprint density at radius 3 is 2.51 bits per heavy atom. The lowest BCUT2D eigenvalue weighted by atomic mass is 9.99. The first-order valence-electron chi connectivity index (χ1n) is 12.4. The zero-order chi connectivity index (χ0) is 25.9. The standard InChI is InChI=1S/C27H30F2N6O2/c1-2-17(16-34-14-3-4-22(34)36)27-32-23(24-26(30)31-13-15-35(24)27)18-5-7-19(8-6-18)25(37-33-29)20-9-11-21(28)12-10-20/h5-13,15,17,25,27,32-33H,2-4,14,16H2,1H3,(H2,30,31). The van der Waals surface area contributed by atoms with Crippen LogP contribution in [-0.2, 0) is 9.63 Å². The molecule has 0 saturated carbocycles. The minimum Gasteiger partial charge on any atom is -0.382 e. The van der Waals surface area contributed by atoms with Crippen molar-refractivity contribution in [1.82, 2.24) is 20.8 Å². The summed E-state index contributed by atoms with van der Waals surface area (Å²) in [5.41, 5.74) is 11.4. The minimum absolute atomic E-state index is 0.0978. The van der Waals surface area contributed by atoms with Crippen LogP contribution in [0.4, 0.5) is 8.87 Å². The Morgan fingerprint density at radius 1 is 1.19 bits per heavy atom. The maximum Gasteiger partial charge on any atom is 0.222 e. The van der Waals surface area contributed by atoms with E-state index in [1.807, 2.05) is 35.4 Å². The van der Waals surface area contributed by atoms with E-state index in [0.29, 0.717) is 29.9 Å². The van der Waals surface area contributed by atoms with Crippen molar-refractivity contribution in [3.63, 3.8) is 0 Å². The van der Waals surface area contributed by atoms with Crippen molar-refractivity contribution in [3.8, 4) is 0 Å². The van der Waals surface area contributed by atoms with Gasteiger partial charge in [-0.05, 0) is 47.4 Å². The molecule has 2 aromatic carbocycles. The first-order chi connectivity index (χ1) is 18.0. The number of carbonyl (C=O) groups excluding carboxylic acids is 1. The second kappa shape index (κ2) is 10.7. The number of amidine groups is 1. The molecule has 0 radical (unpaired) electrons. The van der Waals surface area contributed by atoms with Crippen LogP contribution < -0.4 is 16.8 Å². The average molecular weight is 509 g/mol. The van der Waals surface area contributed by atoms with Crippen molar-refractivity contribution < 1.29 is 18.5 Å². The lowest BCUT2D eigenvalue weighted by Crippen LogP contribution is -2.47. The molecule has 0 bridgehead atoms. The van der Waals surface area contributed by atoms with Crippen molar-refractivity contribution in [2.45, 2.75) is 38.5 Å². The van der Waals surface area contributed by atoms with Gasteiger partial charge in [-0.2, -0.15) is 0 Å². The van der Waals surface area contributed by atoms with E-state index < -0.39 is 6.10 Å². The van der Waals surface area contributed by atoms with E-state index in [9.17, 15) is 13.7 Å². The SMILES string of the molecule is CCC(CN1CCCC1=O)C1NC(c2ccc(C(ONF)c3ccc(F)cc3)cc2)=C2C(N)=NC=CN21. The molecule has 2 aromatic rings. The summed E-state index contributed by atoms with van der Waals surface area (Å²) < 4.78 is 26.3. The molecule has 3 heterocycles. The number of hydrogen-bond donors (Lipinski definition) is 3.